The van der Waals surface area contributed by atoms with Gasteiger partial charge in [-0.2, -0.15) is 5.10 Å². The van der Waals surface area contributed by atoms with E-state index in [1.54, 1.807) is 6.92 Å². The molecule has 9 atom stereocenters. The fourth-order valence-electron chi connectivity index (χ4n) is 12.4. The standard InChI is InChI=1S/C35H48N4O7/c1-20(40)22-11-16-35(30(41)42)18-17-33(5)23(29(22)35)8-10-27-32(4)14-13-28(31(2,3)26(32)12-15-34(27,33)6)37-36-24-9-7-21(38(43)44)19-25(24)39(45)46/h7,9,19,22-23,26-27,29,36H,8,10-18H2,1-6H3,(H,41,42)/b37-28-/t22-,23+,26-,27+,29+,32-,33+,34+,35-/m0/s1. The third kappa shape index (κ3) is 4.31. The topological polar surface area (TPSA) is 165 Å². The van der Waals surface area contributed by atoms with Crippen LogP contribution in [0.25, 0.3) is 0 Å². The Labute approximate surface area is 270 Å². The molecule has 11 nitrogen and oxygen atoms in total. The fourth-order valence-corrected chi connectivity index (χ4v) is 12.4. The van der Waals surface area contributed by atoms with Crippen LogP contribution < -0.4 is 5.43 Å². The van der Waals surface area contributed by atoms with E-state index in [1.807, 2.05) is 0 Å². The number of nitro groups is 2. The van der Waals surface area contributed by atoms with Gasteiger partial charge in [-0.15, -0.1) is 0 Å². The number of ketones is 1. The third-order valence-electron chi connectivity index (χ3n) is 14.9. The molecule has 0 heterocycles. The third-order valence-corrected chi connectivity index (χ3v) is 14.9. The van der Waals surface area contributed by atoms with E-state index in [-0.39, 0.29) is 62.3 Å². The van der Waals surface area contributed by atoms with Crippen LogP contribution >= 0.6 is 0 Å². The van der Waals surface area contributed by atoms with E-state index in [4.69, 9.17) is 5.10 Å². The number of nitrogens with zero attached hydrogens (tertiary/aromatic N) is 3. The van der Waals surface area contributed by atoms with Crippen LogP contribution in [0, 0.1) is 76.9 Å². The maximum absolute atomic E-state index is 12.9. The normalized spacial score (nSPS) is 41.8. The van der Waals surface area contributed by atoms with E-state index in [2.05, 4.69) is 40.0 Å². The van der Waals surface area contributed by atoms with Gasteiger partial charge in [0.05, 0.1) is 21.3 Å². The minimum Gasteiger partial charge on any atom is -0.481 e. The highest BCUT2D eigenvalue weighted by Crippen LogP contribution is 2.77. The molecule has 1 aromatic carbocycles. The van der Waals surface area contributed by atoms with Gasteiger partial charge in [0.25, 0.3) is 5.69 Å². The summed E-state index contributed by atoms with van der Waals surface area (Å²) in [4.78, 5) is 47.4. The lowest BCUT2D eigenvalue weighted by Gasteiger charge is -2.72. The van der Waals surface area contributed by atoms with Crippen LogP contribution in [0.2, 0.25) is 0 Å². The van der Waals surface area contributed by atoms with Gasteiger partial charge in [0, 0.05) is 23.1 Å². The number of hydrogen-bond acceptors (Lipinski definition) is 8. The summed E-state index contributed by atoms with van der Waals surface area (Å²) in [6.07, 6.45) is 8.50. The number of nitro benzene ring substituents is 2. The molecule has 46 heavy (non-hydrogen) atoms. The molecule has 0 bridgehead atoms. The molecule has 5 saturated carbocycles. The second-order valence-corrected chi connectivity index (χ2v) is 16.5. The zero-order valence-electron chi connectivity index (χ0n) is 27.9. The average Bonchev–Trinajstić information content (AvgIpc) is 3.38. The summed E-state index contributed by atoms with van der Waals surface area (Å²) >= 11 is 0. The Morgan fingerprint density at radius 2 is 1.61 bits per heavy atom. The molecule has 0 aromatic heterocycles. The minimum atomic E-state index is -0.783. The summed E-state index contributed by atoms with van der Waals surface area (Å²) in [5.41, 5.74) is 2.16. The predicted octanol–water partition coefficient (Wildman–Crippen LogP) is 8.03. The Hall–Kier alpha value is -3.37. The maximum atomic E-state index is 12.9. The average molecular weight is 637 g/mol. The van der Waals surface area contributed by atoms with E-state index in [0.717, 1.165) is 56.7 Å². The van der Waals surface area contributed by atoms with Crippen molar-refractivity contribution in [2.75, 3.05) is 5.43 Å². The van der Waals surface area contributed by atoms with Gasteiger partial charge in [-0.25, -0.2) is 0 Å². The molecule has 0 radical (unpaired) electrons. The quantitative estimate of drug-likeness (QED) is 0.234. The SMILES string of the molecule is CC(=O)[C@@H]1CC[C@]2(C(=O)O)CC[C@]3(C)[C@H](CC[C@@H]4[C@@]5(C)CC/C(=N/Nc6ccc([N+](=O)[O-])cc6[N+](=O)[O-])C(C)(C)[C@@H]5CC[C@]43C)[C@@H]12. The smallest absolute Gasteiger partial charge is 0.309 e. The van der Waals surface area contributed by atoms with Crippen molar-refractivity contribution in [2.45, 2.75) is 106 Å². The lowest BCUT2D eigenvalue weighted by molar-refractivity contribution is -0.393. The van der Waals surface area contributed by atoms with Gasteiger partial charge < -0.3 is 5.11 Å². The molecule has 0 amide bonds. The summed E-state index contributed by atoms with van der Waals surface area (Å²) in [5, 5.41) is 38.2. The number of hydrazone groups is 1. The number of rotatable bonds is 6. The molecule has 250 valence electrons. The van der Waals surface area contributed by atoms with Gasteiger partial charge in [0.15, 0.2) is 0 Å². The number of nitrogens with one attached hydrogen (secondary N) is 1. The first-order valence-corrected chi connectivity index (χ1v) is 16.9. The van der Waals surface area contributed by atoms with Crippen LogP contribution in [0.5, 0.6) is 0 Å². The summed E-state index contributed by atoms with van der Waals surface area (Å²) < 4.78 is 0. The van der Waals surface area contributed by atoms with Crippen molar-refractivity contribution in [3.05, 3.63) is 38.4 Å². The highest BCUT2D eigenvalue weighted by Gasteiger charge is 2.72. The molecule has 5 fully saturated rings. The maximum Gasteiger partial charge on any atom is 0.309 e. The number of Topliss-reactive ketones (excluding diaryl/α,β-unsaturated/α-hetero) is 1. The highest BCUT2D eigenvalue weighted by atomic mass is 16.6. The second-order valence-electron chi connectivity index (χ2n) is 16.5. The van der Waals surface area contributed by atoms with Crippen molar-refractivity contribution in [3.63, 3.8) is 0 Å². The first-order chi connectivity index (χ1) is 21.4. The molecule has 6 rings (SSSR count). The molecule has 2 N–H and O–H groups in total. The molecule has 0 aliphatic heterocycles. The fraction of sp³-hybridized carbons (Fsp3) is 0.743. The summed E-state index contributed by atoms with van der Waals surface area (Å²) in [6, 6.07) is 3.55. The lowest BCUT2D eigenvalue weighted by atomic mass is 9.32. The largest absolute Gasteiger partial charge is 0.481 e. The Morgan fingerprint density at radius 1 is 0.891 bits per heavy atom. The number of carboxylic acids is 1. The minimum absolute atomic E-state index is 0.0120. The number of carboxylic acid groups (broad SMARTS) is 1. The van der Waals surface area contributed by atoms with Crippen LogP contribution in [-0.4, -0.2) is 32.4 Å². The number of benzene rings is 1. The summed E-state index contributed by atoms with van der Waals surface area (Å²) in [6.45, 7) is 13.5. The van der Waals surface area contributed by atoms with Crippen molar-refractivity contribution in [3.8, 4) is 0 Å². The monoisotopic (exact) mass is 636 g/mol. The van der Waals surface area contributed by atoms with Crippen LogP contribution in [-0.2, 0) is 9.59 Å². The summed E-state index contributed by atoms with van der Waals surface area (Å²) in [7, 11) is 0. The van der Waals surface area contributed by atoms with Crippen LogP contribution in [0.1, 0.15) is 106 Å². The van der Waals surface area contributed by atoms with Gasteiger partial charge in [-0.05, 0) is 117 Å². The first-order valence-electron chi connectivity index (χ1n) is 16.9. The molecule has 0 saturated heterocycles. The molecular formula is C35H48N4O7. The Bertz CT molecular complexity index is 1540. The molecule has 0 spiro atoms. The Morgan fingerprint density at radius 3 is 2.24 bits per heavy atom. The Kier molecular flexibility index (Phi) is 7.48. The van der Waals surface area contributed by atoms with Crippen molar-refractivity contribution in [1.29, 1.82) is 0 Å². The molecule has 11 heteroatoms. The zero-order chi connectivity index (χ0) is 33.6. The van der Waals surface area contributed by atoms with Crippen molar-refractivity contribution in [1.82, 2.24) is 0 Å². The van der Waals surface area contributed by atoms with E-state index in [0.29, 0.717) is 31.1 Å². The van der Waals surface area contributed by atoms with Crippen LogP contribution in [0.4, 0.5) is 17.1 Å². The van der Waals surface area contributed by atoms with Gasteiger partial charge >= 0.3 is 11.7 Å². The van der Waals surface area contributed by atoms with Gasteiger partial charge in [0.2, 0.25) is 0 Å². The van der Waals surface area contributed by atoms with E-state index >= 15 is 0 Å². The molecule has 0 unspecified atom stereocenters. The van der Waals surface area contributed by atoms with Gasteiger partial charge in [-0.3, -0.25) is 35.2 Å². The van der Waals surface area contributed by atoms with E-state index in [1.165, 1.54) is 12.1 Å². The summed E-state index contributed by atoms with van der Waals surface area (Å²) in [5.74, 6) is 0.163. The van der Waals surface area contributed by atoms with Crippen molar-refractivity contribution in [2.24, 2.45) is 61.8 Å². The Balaban J connectivity index is 1.30. The zero-order valence-corrected chi connectivity index (χ0v) is 27.9. The van der Waals surface area contributed by atoms with Crippen molar-refractivity contribution < 1.29 is 24.5 Å². The van der Waals surface area contributed by atoms with E-state index < -0.39 is 21.2 Å². The number of aliphatic carboxylic acids is 1. The van der Waals surface area contributed by atoms with Gasteiger partial charge in [-0.1, -0.05) is 34.6 Å². The number of hydrogen-bond donors (Lipinski definition) is 2. The molecule has 5 aliphatic carbocycles. The molecule has 1 aromatic rings. The van der Waals surface area contributed by atoms with Crippen LogP contribution in [0.3, 0.4) is 0 Å². The molecular weight excluding hydrogens is 588 g/mol. The molecule has 5 aliphatic rings. The van der Waals surface area contributed by atoms with Gasteiger partial charge in [0.1, 0.15) is 11.5 Å². The number of carbonyl (C=O) groups excluding carboxylic acids is 1. The van der Waals surface area contributed by atoms with E-state index in [9.17, 15) is 34.9 Å². The lowest BCUT2D eigenvalue weighted by Crippen LogP contribution is -2.66. The number of anilines is 1. The number of carbonyl (C=O) groups is 2. The number of non-ortho nitro benzene ring substituents is 1. The van der Waals surface area contributed by atoms with Crippen molar-refractivity contribution >= 4 is 34.5 Å². The number of fused-ring (bicyclic) bond motifs is 7. The highest BCUT2D eigenvalue weighted by molar-refractivity contribution is 5.91. The first kappa shape index (κ1) is 32.6. The second kappa shape index (κ2) is 10.6. The predicted molar refractivity (Wildman–Crippen MR) is 173 cm³/mol. The van der Waals surface area contributed by atoms with Crippen LogP contribution in [0.15, 0.2) is 23.3 Å².